The Labute approximate surface area is 125 Å². The molecule has 0 spiro atoms. The van der Waals surface area contributed by atoms with Crippen LogP contribution in [0.15, 0.2) is 34.7 Å². The van der Waals surface area contributed by atoms with Gasteiger partial charge in [-0.05, 0) is 51.4 Å². The van der Waals surface area contributed by atoms with E-state index in [0.717, 1.165) is 43.3 Å². The molecule has 1 saturated heterocycles. The summed E-state index contributed by atoms with van der Waals surface area (Å²) in [6, 6.07) is 9.96. The Morgan fingerprint density at radius 1 is 1.38 bits per heavy atom. The molecule has 1 unspecified atom stereocenters. The molecule has 1 aromatic heterocycles. The van der Waals surface area contributed by atoms with Gasteiger partial charge in [-0.3, -0.25) is 4.79 Å². The molecule has 2 heterocycles. The summed E-state index contributed by atoms with van der Waals surface area (Å²) < 4.78 is 5.73. The van der Waals surface area contributed by atoms with Crippen LogP contribution in [0.5, 0.6) is 0 Å². The topological polar surface area (TPSA) is 45.5 Å². The van der Waals surface area contributed by atoms with E-state index in [2.05, 4.69) is 5.32 Å². The van der Waals surface area contributed by atoms with Gasteiger partial charge < -0.3 is 14.6 Å². The molecule has 1 N–H and O–H groups in total. The van der Waals surface area contributed by atoms with Crippen LogP contribution < -0.4 is 5.32 Å². The molecule has 1 aliphatic rings. The SMILES string of the molecule is CNCCC1CCCCN1C(=O)c1cc2ccccc2o1. The van der Waals surface area contributed by atoms with Crippen molar-refractivity contribution in [3.05, 3.63) is 36.1 Å². The number of carbonyl (C=O) groups excluding carboxylic acids is 1. The lowest BCUT2D eigenvalue weighted by molar-refractivity contribution is 0.0572. The number of fused-ring (bicyclic) bond motifs is 1. The average Bonchev–Trinajstić information content (AvgIpc) is 2.96. The fourth-order valence-electron chi connectivity index (χ4n) is 3.11. The normalized spacial score (nSPS) is 19.1. The first-order valence-electron chi connectivity index (χ1n) is 7.74. The van der Waals surface area contributed by atoms with Gasteiger partial charge in [-0.1, -0.05) is 18.2 Å². The third-order valence-electron chi connectivity index (χ3n) is 4.25. The van der Waals surface area contributed by atoms with E-state index in [9.17, 15) is 4.79 Å². The molecule has 1 aliphatic heterocycles. The molecule has 1 atom stereocenters. The van der Waals surface area contributed by atoms with E-state index in [1.165, 1.54) is 6.42 Å². The largest absolute Gasteiger partial charge is 0.451 e. The molecule has 0 aliphatic carbocycles. The van der Waals surface area contributed by atoms with Gasteiger partial charge in [0, 0.05) is 18.0 Å². The molecular weight excluding hydrogens is 264 g/mol. The van der Waals surface area contributed by atoms with Gasteiger partial charge in [0.05, 0.1) is 0 Å². The van der Waals surface area contributed by atoms with Crippen LogP contribution in [-0.2, 0) is 0 Å². The van der Waals surface area contributed by atoms with Crippen LogP contribution in [0.3, 0.4) is 0 Å². The van der Waals surface area contributed by atoms with Gasteiger partial charge >= 0.3 is 0 Å². The highest BCUT2D eigenvalue weighted by molar-refractivity contribution is 5.96. The minimum absolute atomic E-state index is 0.0343. The molecule has 3 rings (SSSR count). The van der Waals surface area contributed by atoms with Crippen molar-refractivity contribution in [2.75, 3.05) is 20.1 Å². The lowest BCUT2D eigenvalue weighted by atomic mass is 9.99. The van der Waals surface area contributed by atoms with Crippen molar-refractivity contribution >= 4 is 16.9 Å². The van der Waals surface area contributed by atoms with Gasteiger partial charge in [-0.15, -0.1) is 0 Å². The second-order valence-electron chi connectivity index (χ2n) is 5.69. The fraction of sp³-hybridized carbons (Fsp3) is 0.471. The van der Waals surface area contributed by atoms with Crippen molar-refractivity contribution in [1.82, 2.24) is 10.2 Å². The Morgan fingerprint density at radius 3 is 3.05 bits per heavy atom. The number of nitrogens with one attached hydrogen (secondary N) is 1. The molecule has 0 radical (unpaired) electrons. The molecule has 0 bridgehead atoms. The molecule has 112 valence electrons. The zero-order chi connectivity index (χ0) is 14.7. The van der Waals surface area contributed by atoms with Gasteiger partial charge in [0.2, 0.25) is 0 Å². The number of hydrogen-bond donors (Lipinski definition) is 1. The number of nitrogens with zero attached hydrogens (tertiary/aromatic N) is 1. The van der Waals surface area contributed by atoms with Gasteiger partial charge in [0.1, 0.15) is 5.58 Å². The van der Waals surface area contributed by atoms with Gasteiger partial charge in [-0.25, -0.2) is 0 Å². The molecule has 1 fully saturated rings. The zero-order valence-corrected chi connectivity index (χ0v) is 12.5. The molecule has 1 amide bonds. The number of amides is 1. The van der Waals surface area contributed by atoms with Crippen LogP contribution in [0, 0.1) is 0 Å². The Morgan fingerprint density at radius 2 is 2.24 bits per heavy atom. The Bertz CT molecular complexity index is 587. The third-order valence-corrected chi connectivity index (χ3v) is 4.25. The number of carbonyl (C=O) groups is 1. The van der Waals surface area contributed by atoms with E-state index in [4.69, 9.17) is 4.42 Å². The maximum Gasteiger partial charge on any atom is 0.289 e. The molecule has 1 aromatic carbocycles. The predicted octanol–water partition coefficient (Wildman–Crippen LogP) is 3.04. The minimum atomic E-state index is 0.0343. The number of benzene rings is 1. The van der Waals surface area contributed by atoms with E-state index < -0.39 is 0 Å². The number of hydrogen-bond acceptors (Lipinski definition) is 3. The minimum Gasteiger partial charge on any atom is -0.451 e. The van der Waals surface area contributed by atoms with Crippen molar-refractivity contribution in [3.63, 3.8) is 0 Å². The van der Waals surface area contributed by atoms with Crippen molar-refractivity contribution in [2.45, 2.75) is 31.7 Å². The summed E-state index contributed by atoms with van der Waals surface area (Å²) >= 11 is 0. The monoisotopic (exact) mass is 286 g/mol. The number of furan rings is 1. The van der Waals surface area contributed by atoms with Gasteiger partial charge in [-0.2, -0.15) is 0 Å². The van der Waals surface area contributed by atoms with E-state index in [-0.39, 0.29) is 5.91 Å². The summed E-state index contributed by atoms with van der Waals surface area (Å²) in [4.78, 5) is 14.8. The van der Waals surface area contributed by atoms with Crippen LogP contribution in [-0.4, -0.2) is 37.0 Å². The molecule has 0 saturated carbocycles. The Balaban J connectivity index is 1.81. The van der Waals surface area contributed by atoms with Crippen molar-refractivity contribution in [3.8, 4) is 0 Å². The summed E-state index contributed by atoms with van der Waals surface area (Å²) in [7, 11) is 1.95. The Kier molecular flexibility index (Phi) is 4.25. The summed E-state index contributed by atoms with van der Waals surface area (Å²) in [5.74, 6) is 0.500. The highest BCUT2D eigenvalue weighted by Gasteiger charge is 2.28. The molecular formula is C17H22N2O2. The molecule has 4 nitrogen and oxygen atoms in total. The smallest absolute Gasteiger partial charge is 0.289 e. The van der Waals surface area contributed by atoms with Gasteiger partial charge in [0.25, 0.3) is 5.91 Å². The van der Waals surface area contributed by atoms with Crippen LogP contribution in [0.25, 0.3) is 11.0 Å². The van der Waals surface area contributed by atoms with E-state index in [1.54, 1.807) is 0 Å². The number of para-hydroxylation sites is 1. The lowest BCUT2D eigenvalue weighted by Crippen LogP contribution is -2.44. The number of likely N-dealkylation sites (tertiary alicyclic amines) is 1. The zero-order valence-electron chi connectivity index (χ0n) is 12.5. The lowest BCUT2D eigenvalue weighted by Gasteiger charge is -2.35. The van der Waals surface area contributed by atoms with Crippen LogP contribution >= 0.6 is 0 Å². The van der Waals surface area contributed by atoms with Crippen molar-refractivity contribution in [1.29, 1.82) is 0 Å². The summed E-state index contributed by atoms with van der Waals surface area (Å²) in [5, 5.41) is 4.16. The maximum absolute atomic E-state index is 12.8. The van der Waals surface area contributed by atoms with Gasteiger partial charge in [0.15, 0.2) is 5.76 Å². The second kappa shape index (κ2) is 6.31. The average molecular weight is 286 g/mol. The van der Waals surface area contributed by atoms with Crippen LogP contribution in [0.4, 0.5) is 0 Å². The highest BCUT2D eigenvalue weighted by atomic mass is 16.3. The van der Waals surface area contributed by atoms with E-state index in [0.29, 0.717) is 11.8 Å². The van der Waals surface area contributed by atoms with Crippen molar-refractivity contribution < 1.29 is 9.21 Å². The van der Waals surface area contributed by atoms with Crippen molar-refractivity contribution in [2.24, 2.45) is 0 Å². The highest BCUT2D eigenvalue weighted by Crippen LogP contribution is 2.25. The first-order valence-corrected chi connectivity index (χ1v) is 7.74. The maximum atomic E-state index is 12.8. The number of piperidine rings is 1. The molecule has 21 heavy (non-hydrogen) atoms. The standard InChI is InChI=1S/C17H22N2O2/c1-18-10-9-14-7-4-5-11-19(14)17(20)16-12-13-6-2-3-8-15(13)21-16/h2-3,6,8,12,14,18H,4-5,7,9-11H2,1H3. The second-order valence-corrected chi connectivity index (χ2v) is 5.69. The fourth-order valence-corrected chi connectivity index (χ4v) is 3.11. The summed E-state index contributed by atoms with van der Waals surface area (Å²) in [6.07, 6.45) is 4.39. The first kappa shape index (κ1) is 14.1. The third kappa shape index (κ3) is 2.95. The Hall–Kier alpha value is -1.81. The summed E-state index contributed by atoms with van der Waals surface area (Å²) in [5.41, 5.74) is 0.782. The van der Waals surface area contributed by atoms with E-state index in [1.807, 2.05) is 42.3 Å². The molecule has 4 heteroatoms. The number of rotatable bonds is 4. The van der Waals surface area contributed by atoms with Crippen LogP contribution in [0.1, 0.15) is 36.2 Å². The van der Waals surface area contributed by atoms with E-state index >= 15 is 0 Å². The first-order chi connectivity index (χ1) is 10.3. The predicted molar refractivity (Wildman–Crippen MR) is 83.4 cm³/mol. The van der Waals surface area contributed by atoms with Crippen LogP contribution in [0.2, 0.25) is 0 Å². The summed E-state index contributed by atoms with van der Waals surface area (Å²) in [6.45, 7) is 1.78. The quantitative estimate of drug-likeness (QED) is 0.939. The molecule has 2 aromatic rings.